The number of ether oxygens (including phenoxy) is 1. The molecule has 4 aliphatic heterocycles. The number of anilines is 2. The number of nitrogens with zero attached hydrogens (tertiary/aromatic N) is 5. The summed E-state index contributed by atoms with van der Waals surface area (Å²) < 4.78 is 6.31. The van der Waals surface area contributed by atoms with E-state index in [4.69, 9.17) is 14.7 Å². The molecule has 2 unspecified atom stereocenters. The van der Waals surface area contributed by atoms with E-state index in [2.05, 4.69) is 45.3 Å². The number of hydrogen-bond acceptors (Lipinski definition) is 8. The zero-order valence-corrected chi connectivity index (χ0v) is 22.5. The summed E-state index contributed by atoms with van der Waals surface area (Å²) in [4.78, 5) is 17.3. The molecule has 0 saturated carbocycles. The highest BCUT2D eigenvalue weighted by atomic mass is 16.5. The molecule has 3 aromatic rings. The molecule has 3 atom stereocenters. The van der Waals surface area contributed by atoms with Crippen molar-refractivity contribution in [2.75, 3.05) is 49.6 Å². The first-order valence-electron chi connectivity index (χ1n) is 14.2. The van der Waals surface area contributed by atoms with Crippen molar-refractivity contribution in [3.63, 3.8) is 0 Å². The molecule has 8 nitrogen and oxygen atoms in total. The SMILES string of the molecule is Cc1c(O)cc(N2CCc3c(nc(OC[C@@H]4CCCN4C)nc3N3CC4CCC(C3)N4)C2)c2ccccc12. The Morgan fingerprint density at radius 2 is 1.82 bits per heavy atom. The molecular weight excluding hydrogens is 476 g/mol. The number of hydrogen-bond donors (Lipinski definition) is 2. The molecule has 3 saturated heterocycles. The molecule has 0 spiro atoms. The number of likely N-dealkylation sites (tertiary alicyclic amines) is 1. The number of nitrogens with one attached hydrogen (secondary N) is 1. The normalized spacial score (nSPS) is 25.3. The second-order valence-electron chi connectivity index (χ2n) is 11.6. The van der Waals surface area contributed by atoms with Gasteiger partial charge in [0, 0.05) is 60.5 Å². The third-order valence-corrected chi connectivity index (χ3v) is 9.22. The van der Waals surface area contributed by atoms with Gasteiger partial charge in [0.15, 0.2) is 0 Å². The number of phenolic OH excluding ortho intramolecular Hbond substituents is 1. The van der Waals surface area contributed by atoms with Gasteiger partial charge in [-0.15, -0.1) is 0 Å². The highest BCUT2D eigenvalue weighted by Crippen LogP contribution is 2.39. The minimum Gasteiger partial charge on any atom is -0.508 e. The third kappa shape index (κ3) is 4.24. The number of likely N-dealkylation sites (N-methyl/N-ethyl adjacent to an activating group) is 1. The summed E-state index contributed by atoms with van der Waals surface area (Å²) in [5, 5.41) is 16.8. The quantitative estimate of drug-likeness (QED) is 0.535. The van der Waals surface area contributed by atoms with Crippen LogP contribution in [0.5, 0.6) is 11.8 Å². The maximum absolute atomic E-state index is 10.7. The molecule has 0 aliphatic carbocycles. The molecule has 2 aromatic carbocycles. The van der Waals surface area contributed by atoms with Crippen LogP contribution in [0.15, 0.2) is 30.3 Å². The first-order chi connectivity index (χ1) is 18.5. The fourth-order valence-corrected chi connectivity index (χ4v) is 7.00. The van der Waals surface area contributed by atoms with E-state index in [1.165, 1.54) is 30.2 Å². The lowest BCUT2D eigenvalue weighted by atomic mass is 9.99. The van der Waals surface area contributed by atoms with E-state index >= 15 is 0 Å². The maximum atomic E-state index is 10.7. The zero-order chi connectivity index (χ0) is 25.8. The standard InChI is InChI=1S/C30H38N6O2/c1-19-23-7-3-4-8-24(23)27(14-28(19)37)35-13-11-25-26(17-35)32-30(38-18-22-6-5-12-34(22)2)33-29(25)36-15-20-9-10-21(16-36)31-20/h3-4,7-8,14,20-22,31,37H,5-6,9-13,15-18H2,1-2H3/t20?,21?,22-/m0/s1. The Morgan fingerprint density at radius 3 is 2.58 bits per heavy atom. The van der Waals surface area contributed by atoms with Crippen LogP contribution in [-0.2, 0) is 13.0 Å². The van der Waals surface area contributed by atoms with Gasteiger partial charge in [-0.25, -0.2) is 0 Å². The van der Waals surface area contributed by atoms with Gasteiger partial charge in [0.25, 0.3) is 0 Å². The predicted octanol–water partition coefficient (Wildman–Crippen LogP) is 3.62. The minimum absolute atomic E-state index is 0.342. The first-order valence-corrected chi connectivity index (χ1v) is 14.2. The molecule has 4 aliphatic rings. The lowest BCUT2D eigenvalue weighted by Gasteiger charge is -2.37. The van der Waals surface area contributed by atoms with Gasteiger partial charge in [-0.1, -0.05) is 24.3 Å². The smallest absolute Gasteiger partial charge is 0.318 e. The van der Waals surface area contributed by atoms with Crippen LogP contribution in [0.2, 0.25) is 0 Å². The average molecular weight is 515 g/mol. The number of aryl methyl sites for hydroxylation is 1. The van der Waals surface area contributed by atoms with Crippen LogP contribution in [0.3, 0.4) is 0 Å². The predicted molar refractivity (Wildman–Crippen MR) is 150 cm³/mol. The second kappa shape index (κ2) is 9.58. The minimum atomic E-state index is 0.342. The number of fused-ring (bicyclic) bond motifs is 4. The van der Waals surface area contributed by atoms with Crippen LogP contribution < -0.4 is 19.9 Å². The molecule has 2 bridgehead atoms. The maximum Gasteiger partial charge on any atom is 0.318 e. The van der Waals surface area contributed by atoms with Crippen molar-refractivity contribution >= 4 is 22.3 Å². The van der Waals surface area contributed by atoms with Gasteiger partial charge < -0.3 is 29.9 Å². The number of phenols is 1. The van der Waals surface area contributed by atoms with E-state index in [0.29, 0.717) is 43.0 Å². The Bertz CT molecular complexity index is 1350. The van der Waals surface area contributed by atoms with Crippen LogP contribution in [0, 0.1) is 6.92 Å². The summed E-state index contributed by atoms with van der Waals surface area (Å²) in [5.74, 6) is 1.41. The summed E-state index contributed by atoms with van der Waals surface area (Å²) in [6.45, 7) is 7.26. The van der Waals surface area contributed by atoms with Crippen molar-refractivity contribution in [2.24, 2.45) is 0 Å². The van der Waals surface area contributed by atoms with Gasteiger partial charge in [-0.05, 0) is 63.6 Å². The molecule has 3 fully saturated rings. The molecule has 38 heavy (non-hydrogen) atoms. The highest BCUT2D eigenvalue weighted by Gasteiger charge is 2.35. The Hall–Kier alpha value is -3.10. The topological polar surface area (TPSA) is 77.0 Å². The molecule has 0 radical (unpaired) electrons. The summed E-state index contributed by atoms with van der Waals surface area (Å²) in [6, 6.07) is 12.3. The van der Waals surface area contributed by atoms with Crippen molar-refractivity contribution in [2.45, 2.75) is 63.7 Å². The van der Waals surface area contributed by atoms with E-state index in [1.54, 1.807) is 0 Å². The molecule has 2 N–H and O–H groups in total. The fraction of sp³-hybridized carbons (Fsp3) is 0.533. The number of aromatic nitrogens is 2. The molecule has 0 amide bonds. The van der Waals surface area contributed by atoms with Crippen LogP contribution in [0.4, 0.5) is 11.5 Å². The van der Waals surface area contributed by atoms with Crippen LogP contribution >= 0.6 is 0 Å². The molecule has 1 aromatic heterocycles. The Balaban J connectivity index is 1.24. The van der Waals surface area contributed by atoms with E-state index in [1.807, 2.05) is 19.1 Å². The summed E-state index contributed by atoms with van der Waals surface area (Å²) >= 11 is 0. The zero-order valence-electron chi connectivity index (χ0n) is 22.5. The molecule has 7 rings (SSSR count). The van der Waals surface area contributed by atoms with E-state index < -0.39 is 0 Å². The summed E-state index contributed by atoms with van der Waals surface area (Å²) in [5.41, 5.74) is 4.29. The monoisotopic (exact) mass is 514 g/mol. The van der Waals surface area contributed by atoms with Gasteiger partial charge >= 0.3 is 6.01 Å². The number of aromatic hydroxyl groups is 1. The van der Waals surface area contributed by atoms with E-state index in [-0.39, 0.29) is 0 Å². The highest BCUT2D eigenvalue weighted by molar-refractivity contribution is 5.98. The number of benzene rings is 2. The van der Waals surface area contributed by atoms with Crippen molar-refractivity contribution in [3.8, 4) is 11.8 Å². The summed E-state index contributed by atoms with van der Waals surface area (Å²) in [7, 11) is 2.18. The van der Waals surface area contributed by atoms with E-state index in [0.717, 1.165) is 67.2 Å². The fourth-order valence-electron chi connectivity index (χ4n) is 7.00. The van der Waals surface area contributed by atoms with Crippen molar-refractivity contribution < 1.29 is 9.84 Å². The van der Waals surface area contributed by atoms with Gasteiger partial charge in [-0.2, -0.15) is 9.97 Å². The van der Waals surface area contributed by atoms with Crippen molar-refractivity contribution in [1.82, 2.24) is 20.2 Å². The summed E-state index contributed by atoms with van der Waals surface area (Å²) in [6.07, 6.45) is 5.73. The number of rotatable bonds is 5. The third-order valence-electron chi connectivity index (χ3n) is 9.22. The van der Waals surface area contributed by atoms with Crippen LogP contribution in [0.25, 0.3) is 10.8 Å². The molecule has 200 valence electrons. The van der Waals surface area contributed by atoms with Crippen molar-refractivity contribution in [3.05, 3.63) is 47.2 Å². The molecule has 5 heterocycles. The Morgan fingerprint density at radius 1 is 1.03 bits per heavy atom. The lowest BCUT2D eigenvalue weighted by molar-refractivity contribution is 0.187. The van der Waals surface area contributed by atoms with Crippen molar-refractivity contribution in [1.29, 1.82) is 0 Å². The Labute approximate surface area is 224 Å². The molecule has 8 heteroatoms. The largest absolute Gasteiger partial charge is 0.508 e. The number of piperazine rings is 1. The van der Waals surface area contributed by atoms with Gasteiger partial charge in [-0.3, -0.25) is 0 Å². The van der Waals surface area contributed by atoms with Crippen LogP contribution in [0.1, 0.15) is 42.5 Å². The Kier molecular flexibility index (Phi) is 6.04. The molecular formula is C30H38N6O2. The van der Waals surface area contributed by atoms with Gasteiger partial charge in [0.05, 0.1) is 12.2 Å². The second-order valence-corrected chi connectivity index (χ2v) is 11.6. The van der Waals surface area contributed by atoms with Crippen LogP contribution in [-0.4, -0.2) is 77.9 Å². The lowest BCUT2D eigenvalue weighted by Crippen LogP contribution is -2.52. The first kappa shape index (κ1) is 24.0. The van der Waals surface area contributed by atoms with Gasteiger partial charge in [0.1, 0.15) is 18.2 Å². The average Bonchev–Trinajstić information content (AvgIpc) is 3.51. The van der Waals surface area contributed by atoms with Gasteiger partial charge in [0.2, 0.25) is 0 Å². The van der Waals surface area contributed by atoms with E-state index in [9.17, 15) is 5.11 Å².